The Morgan fingerprint density at radius 1 is 1.15 bits per heavy atom. The van der Waals surface area contributed by atoms with Crippen LogP contribution in [0.4, 0.5) is 10.5 Å². The van der Waals surface area contributed by atoms with Crippen molar-refractivity contribution in [3.8, 4) is 0 Å². The maximum Gasteiger partial charge on any atom is 0.319 e. The van der Waals surface area contributed by atoms with Crippen LogP contribution in [-0.2, 0) is 10.0 Å². The molecule has 0 aliphatic carbocycles. The fourth-order valence-electron chi connectivity index (χ4n) is 3.09. The van der Waals surface area contributed by atoms with Crippen LogP contribution in [0.2, 0.25) is 5.02 Å². The number of hydrogen-bond acceptors (Lipinski definition) is 3. The van der Waals surface area contributed by atoms with Gasteiger partial charge in [0.2, 0.25) is 10.0 Å². The molecule has 1 heterocycles. The Kier molecular flexibility index (Phi) is 6.04. The molecule has 2 amide bonds. The molecular weight excluding hydrogens is 386 g/mol. The van der Waals surface area contributed by atoms with E-state index in [0.717, 1.165) is 12.0 Å². The van der Waals surface area contributed by atoms with Gasteiger partial charge >= 0.3 is 6.03 Å². The number of urea groups is 1. The summed E-state index contributed by atoms with van der Waals surface area (Å²) in [5.41, 5.74) is 1.62. The van der Waals surface area contributed by atoms with Gasteiger partial charge in [0, 0.05) is 29.8 Å². The molecule has 0 unspecified atom stereocenters. The van der Waals surface area contributed by atoms with E-state index in [1.807, 2.05) is 6.92 Å². The van der Waals surface area contributed by atoms with Gasteiger partial charge in [0.1, 0.15) is 0 Å². The first-order valence-corrected chi connectivity index (χ1v) is 10.6. The Labute approximate surface area is 164 Å². The van der Waals surface area contributed by atoms with E-state index in [1.54, 1.807) is 48.5 Å². The van der Waals surface area contributed by atoms with Crippen LogP contribution in [0.5, 0.6) is 0 Å². The van der Waals surface area contributed by atoms with Crippen LogP contribution < -0.4 is 10.6 Å². The van der Waals surface area contributed by atoms with Gasteiger partial charge in [-0.2, -0.15) is 4.31 Å². The van der Waals surface area contributed by atoms with Gasteiger partial charge < -0.3 is 10.6 Å². The number of aryl methyl sites for hydroxylation is 1. The number of halogens is 1. The third-order valence-electron chi connectivity index (χ3n) is 4.55. The van der Waals surface area contributed by atoms with Crippen LogP contribution in [0.15, 0.2) is 53.4 Å². The molecule has 1 aliphatic heterocycles. The van der Waals surface area contributed by atoms with Gasteiger partial charge in [-0.1, -0.05) is 29.3 Å². The lowest BCUT2D eigenvalue weighted by molar-refractivity contribution is 0.249. The monoisotopic (exact) mass is 407 g/mol. The van der Waals surface area contributed by atoms with Crippen molar-refractivity contribution in [3.05, 3.63) is 59.1 Å². The highest BCUT2D eigenvalue weighted by Crippen LogP contribution is 2.26. The lowest BCUT2D eigenvalue weighted by Crippen LogP contribution is -2.44. The zero-order chi connectivity index (χ0) is 19.4. The molecule has 144 valence electrons. The van der Waals surface area contributed by atoms with E-state index in [-0.39, 0.29) is 23.5 Å². The van der Waals surface area contributed by atoms with Gasteiger partial charge in [0.05, 0.1) is 4.90 Å². The zero-order valence-electron chi connectivity index (χ0n) is 15.0. The number of hydrogen-bond donors (Lipinski definition) is 2. The van der Waals surface area contributed by atoms with Crippen molar-refractivity contribution in [2.45, 2.75) is 30.7 Å². The number of carbonyl (C=O) groups is 1. The number of nitrogens with one attached hydrogen (secondary N) is 2. The number of benzene rings is 2. The molecule has 8 heteroatoms. The molecule has 0 saturated carbocycles. The predicted molar refractivity (Wildman–Crippen MR) is 107 cm³/mol. The van der Waals surface area contributed by atoms with Crippen LogP contribution >= 0.6 is 11.6 Å². The molecule has 27 heavy (non-hydrogen) atoms. The average molecular weight is 408 g/mol. The number of sulfonamides is 1. The number of anilines is 1. The topological polar surface area (TPSA) is 78.5 Å². The molecule has 2 aromatic rings. The van der Waals surface area contributed by atoms with Crippen molar-refractivity contribution in [3.63, 3.8) is 0 Å². The van der Waals surface area contributed by atoms with Crippen LogP contribution in [0.3, 0.4) is 0 Å². The van der Waals surface area contributed by atoms with E-state index in [4.69, 9.17) is 11.6 Å². The fourth-order valence-corrected chi connectivity index (χ4v) is 4.91. The highest BCUT2D eigenvalue weighted by Gasteiger charge is 2.35. The molecule has 0 radical (unpaired) electrons. The zero-order valence-corrected chi connectivity index (χ0v) is 16.6. The van der Waals surface area contributed by atoms with Crippen molar-refractivity contribution in [1.29, 1.82) is 0 Å². The first-order chi connectivity index (χ1) is 12.9. The molecule has 0 bridgehead atoms. The standard InChI is InChI=1S/C19H22ClN3O3S/c1-14-4-10-18(11-5-14)27(25,26)23-12-2-3-17(23)13-21-19(24)22-16-8-6-15(20)7-9-16/h4-11,17H,2-3,12-13H2,1H3,(H2,21,22,24)/t17-/m1/s1. The lowest BCUT2D eigenvalue weighted by Gasteiger charge is -2.24. The van der Waals surface area contributed by atoms with Gasteiger partial charge in [-0.05, 0) is 56.2 Å². The van der Waals surface area contributed by atoms with Gasteiger partial charge in [-0.25, -0.2) is 13.2 Å². The highest BCUT2D eigenvalue weighted by atomic mass is 35.5. The van der Waals surface area contributed by atoms with Gasteiger partial charge in [0.25, 0.3) is 0 Å². The number of nitrogens with zero attached hydrogens (tertiary/aromatic N) is 1. The SMILES string of the molecule is Cc1ccc(S(=O)(=O)N2CCC[C@@H]2CNC(=O)Nc2ccc(Cl)cc2)cc1. The summed E-state index contributed by atoms with van der Waals surface area (Å²) in [5, 5.41) is 6.06. The summed E-state index contributed by atoms with van der Waals surface area (Å²) in [5.74, 6) is 0. The van der Waals surface area contributed by atoms with Crippen molar-refractivity contribution in [1.82, 2.24) is 9.62 Å². The Bertz CT molecular complexity index is 899. The summed E-state index contributed by atoms with van der Waals surface area (Å²) in [7, 11) is -3.57. The number of amides is 2. The van der Waals surface area contributed by atoms with E-state index in [2.05, 4.69) is 10.6 Å². The number of rotatable bonds is 5. The maximum absolute atomic E-state index is 12.9. The third kappa shape index (κ3) is 4.80. The van der Waals surface area contributed by atoms with Crippen LogP contribution in [0.1, 0.15) is 18.4 Å². The van der Waals surface area contributed by atoms with Crippen LogP contribution in [0, 0.1) is 6.92 Å². The van der Waals surface area contributed by atoms with Crippen LogP contribution in [-0.4, -0.2) is 37.9 Å². The summed E-state index contributed by atoms with van der Waals surface area (Å²) in [6.07, 6.45) is 1.49. The molecular formula is C19H22ClN3O3S. The summed E-state index contributed by atoms with van der Waals surface area (Å²) in [4.78, 5) is 12.4. The molecule has 3 rings (SSSR count). The van der Waals surface area contributed by atoms with Crippen molar-refractivity contribution < 1.29 is 13.2 Å². The molecule has 1 aliphatic rings. The van der Waals surface area contributed by atoms with Gasteiger partial charge in [-0.15, -0.1) is 0 Å². The largest absolute Gasteiger partial charge is 0.336 e. The minimum absolute atomic E-state index is 0.254. The Hall–Kier alpha value is -2.09. The molecule has 1 fully saturated rings. The second-order valence-electron chi connectivity index (χ2n) is 6.57. The fraction of sp³-hybridized carbons (Fsp3) is 0.316. The molecule has 6 nitrogen and oxygen atoms in total. The van der Waals surface area contributed by atoms with E-state index < -0.39 is 10.0 Å². The quantitative estimate of drug-likeness (QED) is 0.794. The van der Waals surface area contributed by atoms with E-state index >= 15 is 0 Å². The second-order valence-corrected chi connectivity index (χ2v) is 8.89. The Balaban J connectivity index is 1.61. The average Bonchev–Trinajstić information content (AvgIpc) is 3.12. The molecule has 1 saturated heterocycles. The summed E-state index contributed by atoms with van der Waals surface area (Å²) in [6, 6.07) is 13.0. The number of carbonyl (C=O) groups excluding carboxylic acids is 1. The van der Waals surface area contributed by atoms with Gasteiger partial charge in [0.15, 0.2) is 0 Å². The minimum atomic E-state index is -3.57. The van der Waals surface area contributed by atoms with Crippen molar-refractivity contribution in [2.75, 3.05) is 18.4 Å². The molecule has 1 atom stereocenters. The molecule has 0 aromatic heterocycles. The van der Waals surface area contributed by atoms with E-state index in [1.165, 1.54) is 4.31 Å². The normalized spacial score (nSPS) is 17.6. The first-order valence-electron chi connectivity index (χ1n) is 8.75. The first kappa shape index (κ1) is 19.7. The van der Waals surface area contributed by atoms with E-state index in [9.17, 15) is 13.2 Å². The summed E-state index contributed by atoms with van der Waals surface area (Å²) >= 11 is 5.82. The Morgan fingerprint density at radius 3 is 2.48 bits per heavy atom. The van der Waals surface area contributed by atoms with Gasteiger partial charge in [-0.3, -0.25) is 0 Å². The van der Waals surface area contributed by atoms with Crippen LogP contribution in [0.25, 0.3) is 0 Å². The smallest absolute Gasteiger partial charge is 0.319 e. The third-order valence-corrected chi connectivity index (χ3v) is 6.77. The molecule has 2 aromatic carbocycles. The summed E-state index contributed by atoms with van der Waals surface area (Å²) < 4.78 is 27.3. The lowest BCUT2D eigenvalue weighted by atomic mass is 10.2. The maximum atomic E-state index is 12.9. The van der Waals surface area contributed by atoms with Crippen molar-refractivity contribution >= 4 is 33.3 Å². The summed E-state index contributed by atoms with van der Waals surface area (Å²) in [6.45, 7) is 2.63. The second kappa shape index (κ2) is 8.29. The molecule has 2 N–H and O–H groups in total. The predicted octanol–water partition coefficient (Wildman–Crippen LogP) is 3.62. The van der Waals surface area contributed by atoms with E-state index in [0.29, 0.717) is 23.7 Å². The minimum Gasteiger partial charge on any atom is -0.336 e. The molecule has 0 spiro atoms. The Morgan fingerprint density at radius 2 is 1.81 bits per heavy atom. The highest BCUT2D eigenvalue weighted by molar-refractivity contribution is 7.89. The van der Waals surface area contributed by atoms with Crippen molar-refractivity contribution in [2.24, 2.45) is 0 Å².